The van der Waals surface area contributed by atoms with Gasteiger partial charge in [0.2, 0.25) is 0 Å². The van der Waals surface area contributed by atoms with Crippen molar-refractivity contribution in [2.24, 2.45) is 0 Å². The Morgan fingerprint density at radius 1 is 1.36 bits per heavy atom. The molecule has 0 atom stereocenters. The molecule has 0 bridgehead atoms. The Balaban J connectivity index is 1.37. The van der Waals surface area contributed by atoms with Crippen LogP contribution in [0.1, 0.15) is 39.4 Å². The molecule has 0 radical (unpaired) electrons. The number of aryl methyl sites for hydroxylation is 1. The summed E-state index contributed by atoms with van der Waals surface area (Å²) in [4.78, 5) is 15.4. The summed E-state index contributed by atoms with van der Waals surface area (Å²) in [6.45, 7) is 4.70. The number of aromatic nitrogens is 2. The number of carboxylic acid groups (broad SMARTS) is 1. The van der Waals surface area contributed by atoms with E-state index in [1.165, 1.54) is 16.9 Å². The average Bonchev–Trinajstić information content (AvgIpc) is 3.27. The van der Waals surface area contributed by atoms with Gasteiger partial charge < -0.3 is 14.7 Å². The third kappa shape index (κ3) is 3.36. The third-order valence-corrected chi connectivity index (χ3v) is 6.62. The molecule has 2 aliphatic heterocycles. The molecule has 7 heteroatoms. The van der Waals surface area contributed by atoms with Crippen molar-refractivity contribution in [3.63, 3.8) is 0 Å². The van der Waals surface area contributed by atoms with E-state index in [2.05, 4.69) is 10.00 Å². The van der Waals surface area contributed by atoms with Crippen molar-refractivity contribution in [1.82, 2.24) is 14.7 Å². The zero-order chi connectivity index (χ0) is 17.3. The Morgan fingerprint density at radius 3 is 2.92 bits per heavy atom. The number of piperidine rings is 1. The summed E-state index contributed by atoms with van der Waals surface area (Å²) in [7, 11) is 0. The number of nitrogens with zero attached hydrogens (tertiary/aromatic N) is 3. The number of thiophene rings is 1. The Kier molecular flexibility index (Phi) is 4.62. The molecule has 1 saturated heterocycles. The number of ether oxygens (including phenoxy) is 1. The number of aromatic carboxylic acids is 1. The molecule has 2 aliphatic rings. The first-order valence-electron chi connectivity index (χ1n) is 8.86. The van der Waals surface area contributed by atoms with Crippen LogP contribution in [-0.4, -0.2) is 52.0 Å². The Bertz CT molecular complexity index is 733. The number of rotatable bonds is 5. The third-order valence-electron chi connectivity index (χ3n) is 5.27. The minimum Gasteiger partial charge on any atom is -0.477 e. The molecule has 25 heavy (non-hydrogen) atoms. The summed E-state index contributed by atoms with van der Waals surface area (Å²) in [5.74, 6) is -0.828. The first-order chi connectivity index (χ1) is 12.2. The van der Waals surface area contributed by atoms with Gasteiger partial charge in [0.1, 0.15) is 10.5 Å². The molecular formula is C18H23N3O3S. The van der Waals surface area contributed by atoms with Gasteiger partial charge in [-0.1, -0.05) is 0 Å². The molecule has 134 valence electrons. The summed E-state index contributed by atoms with van der Waals surface area (Å²) in [5.41, 5.74) is 0.922. The second-order valence-corrected chi connectivity index (χ2v) is 7.88. The van der Waals surface area contributed by atoms with Gasteiger partial charge in [-0.25, -0.2) is 4.79 Å². The maximum absolute atomic E-state index is 11.3. The minimum absolute atomic E-state index is 0.259. The van der Waals surface area contributed by atoms with Gasteiger partial charge >= 0.3 is 5.97 Å². The van der Waals surface area contributed by atoms with Crippen molar-refractivity contribution >= 4 is 17.3 Å². The average molecular weight is 361 g/mol. The molecule has 4 heterocycles. The molecule has 2 aromatic heterocycles. The summed E-state index contributed by atoms with van der Waals surface area (Å²) in [5, 5.41) is 13.5. The zero-order valence-electron chi connectivity index (χ0n) is 14.2. The second-order valence-electron chi connectivity index (χ2n) is 6.83. The fourth-order valence-corrected chi connectivity index (χ4v) is 5.18. The van der Waals surface area contributed by atoms with E-state index in [1.807, 2.05) is 29.2 Å². The minimum atomic E-state index is -0.828. The van der Waals surface area contributed by atoms with Crippen LogP contribution < -0.4 is 0 Å². The summed E-state index contributed by atoms with van der Waals surface area (Å²) < 4.78 is 8.19. The lowest BCUT2D eigenvalue weighted by Gasteiger charge is -2.43. The van der Waals surface area contributed by atoms with E-state index in [0.717, 1.165) is 56.7 Å². The van der Waals surface area contributed by atoms with Crippen molar-refractivity contribution < 1.29 is 14.6 Å². The van der Waals surface area contributed by atoms with Crippen LogP contribution in [0.5, 0.6) is 0 Å². The number of carboxylic acids is 1. The van der Waals surface area contributed by atoms with Crippen LogP contribution in [0.25, 0.3) is 0 Å². The van der Waals surface area contributed by atoms with Crippen molar-refractivity contribution in [2.45, 2.75) is 37.8 Å². The molecule has 1 N–H and O–H groups in total. The Labute approximate surface area is 151 Å². The first kappa shape index (κ1) is 16.8. The van der Waals surface area contributed by atoms with Crippen molar-refractivity contribution in [1.29, 1.82) is 0 Å². The lowest BCUT2D eigenvalue weighted by Crippen LogP contribution is -2.46. The number of hydrogen-bond donors (Lipinski definition) is 1. The molecule has 0 aromatic carbocycles. The molecule has 1 spiro atoms. The molecule has 1 fully saturated rings. The van der Waals surface area contributed by atoms with Gasteiger partial charge in [-0.2, -0.15) is 5.10 Å². The highest BCUT2D eigenvalue weighted by Gasteiger charge is 2.42. The Morgan fingerprint density at radius 2 is 2.20 bits per heavy atom. The maximum atomic E-state index is 11.3. The number of carbonyl (C=O) groups is 1. The highest BCUT2D eigenvalue weighted by molar-refractivity contribution is 7.14. The van der Waals surface area contributed by atoms with E-state index in [9.17, 15) is 9.90 Å². The quantitative estimate of drug-likeness (QED) is 0.887. The fraction of sp³-hybridized carbons (Fsp3) is 0.556. The van der Waals surface area contributed by atoms with E-state index >= 15 is 0 Å². The SMILES string of the molecule is O=C(O)c1cc2c(s1)C1(CCN(CCCn3cccn3)CC1)OCC2. The molecule has 6 nitrogen and oxygen atoms in total. The predicted octanol–water partition coefficient (Wildman–Crippen LogP) is 2.60. The second kappa shape index (κ2) is 6.90. The van der Waals surface area contributed by atoms with Crippen LogP contribution in [0, 0.1) is 0 Å². The molecule has 0 amide bonds. The van der Waals surface area contributed by atoms with Gasteiger partial charge in [-0.05, 0) is 49.9 Å². The van der Waals surface area contributed by atoms with E-state index in [0.29, 0.717) is 11.5 Å². The van der Waals surface area contributed by atoms with E-state index in [1.54, 1.807) is 0 Å². The van der Waals surface area contributed by atoms with Gasteiger partial charge in [0.25, 0.3) is 0 Å². The van der Waals surface area contributed by atoms with Crippen molar-refractivity contribution in [3.05, 3.63) is 39.8 Å². The topological polar surface area (TPSA) is 67.6 Å². The smallest absolute Gasteiger partial charge is 0.345 e. The molecular weight excluding hydrogens is 338 g/mol. The van der Waals surface area contributed by atoms with Crippen molar-refractivity contribution in [3.8, 4) is 0 Å². The first-order valence-corrected chi connectivity index (χ1v) is 9.68. The summed E-state index contributed by atoms with van der Waals surface area (Å²) in [6.07, 6.45) is 7.62. The lowest BCUT2D eigenvalue weighted by atomic mass is 9.85. The summed E-state index contributed by atoms with van der Waals surface area (Å²) in [6, 6.07) is 3.80. The normalized spacial score (nSPS) is 19.8. The fourth-order valence-electron chi connectivity index (χ4n) is 3.93. The predicted molar refractivity (Wildman–Crippen MR) is 95.1 cm³/mol. The van der Waals surface area contributed by atoms with Gasteiger partial charge in [0.15, 0.2) is 0 Å². The molecule has 4 rings (SSSR count). The van der Waals surface area contributed by atoms with E-state index < -0.39 is 5.97 Å². The summed E-state index contributed by atoms with van der Waals surface area (Å²) >= 11 is 1.41. The standard InChI is InChI=1S/C18H23N3O3S/c22-17(23)15-13-14-3-12-24-18(16(14)25-15)4-10-20(11-5-18)7-2-9-21-8-1-6-19-21/h1,6,8,13H,2-5,7,9-12H2,(H,22,23). The molecule has 0 saturated carbocycles. The van der Waals surface area contributed by atoms with E-state index in [4.69, 9.17) is 4.74 Å². The monoisotopic (exact) mass is 361 g/mol. The highest BCUT2D eigenvalue weighted by atomic mass is 32.1. The highest BCUT2D eigenvalue weighted by Crippen LogP contribution is 2.45. The van der Waals surface area contributed by atoms with Gasteiger partial charge in [0.05, 0.1) is 6.61 Å². The van der Waals surface area contributed by atoms with Gasteiger partial charge in [-0.3, -0.25) is 4.68 Å². The maximum Gasteiger partial charge on any atom is 0.345 e. The number of likely N-dealkylation sites (tertiary alicyclic amines) is 1. The van der Waals surface area contributed by atoms with Crippen LogP contribution in [0.3, 0.4) is 0 Å². The largest absolute Gasteiger partial charge is 0.477 e. The zero-order valence-corrected chi connectivity index (χ0v) is 15.0. The van der Waals surface area contributed by atoms with Gasteiger partial charge in [0, 0.05) is 36.9 Å². The molecule has 0 aliphatic carbocycles. The lowest BCUT2D eigenvalue weighted by molar-refractivity contribution is -0.0951. The van der Waals surface area contributed by atoms with E-state index in [-0.39, 0.29) is 5.60 Å². The van der Waals surface area contributed by atoms with Gasteiger partial charge in [-0.15, -0.1) is 11.3 Å². The van der Waals surface area contributed by atoms with Crippen LogP contribution >= 0.6 is 11.3 Å². The van der Waals surface area contributed by atoms with Crippen LogP contribution in [0.2, 0.25) is 0 Å². The van der Waals surface area contributed by atoms with Crippen LogP contribution in [0.4, 0.5) is 0 Å². The molecule has 2 aromatic rings. The van der Waals surface area contributed by atoms with Crippen molar-refractivity contribution in [2.75, 3.05) is 26.2 Å². The number of hydrogen-bond acceptors (Lipinski definition) is 5. The molecule has 0 unspecified atom stereocenters. The Hall–Kier alpha value is -1.70. The van der Waals surface area contributed by atoms with Crippen LogP contribution in [0.15, 0.2) is 24.5 Å². The number of fused-ring (bicyclic) bond motifs is 2. The van der Waals surface area contributed by atoms with Crippen LogP contribution in [-0.2, 0) is 23.3 Å².